The Kier molecular flexibility index (Phi) is 4.98. The maximum Gasteiger partial charge on any atom is 0.318 e. The largest absolute Gasteiger partial charge is 0.468 e. The lowest BCUT2D eigenvalue weighted by Gasteiger charge is -2.17. The molecular formula is C14H23N3O3. The second-order valence-corrected chi connectivity index (χ2v) is 5.15. The van der Waals surface area contributed by atoms with E-state index in [0.717, 1.165) is 38.8 Å². The highest BCUT2D eigenvalue weighted by Gasteiger charge is 2.37. The van der Waals surface area contributed by atoms with E-state index in [1.165, 1.54) is 7.11 Å². The van der Waals surface area contributed by atoms with E-state index in [2.05, 4.69) is 10.1 Å². The molecule has 1 aromatic rings. The number of methoxy groups -OCH3 is 1. The van der Waals surface area contributed by atoms with Crippen LogP contribution in [0.4, 0.5) is 5.95 Å². The molecule has 1 atom stereocenters. The molecule has 0 bridgehead atoms. The quantitative estimate of drug-likeness (QED) is 0.746. The van der Waals surface area contributed by atoms with E-state index < -0.39 is 5.92 Å². The van der Waals surface area contributed by atoms with Gasteiger partial charge < -0.3 is 14.2 Å². The zero-order valence-electron chi connectivity index (χ0n) is 12.5. The maximum absolute atomic E-state index is 12.1. The first kappa shape index (κ1) is 14.8. The second-order valence-electron chi connectivity index (χ2n) is 5.15. The maximum atomic E-state index is 12.1. The predicted molar refractivity (Wildman–Crippen MR) is 74.6 cm³/mol. The molecule has 6 nitrogen and oxygen atoms in total. The zero-order valence-corrected chi connectivity index (χ0v) is 12.5. The van der Waals surface area contributed by atoms with Crippen molar-refractivity contribution in [3.8, 4) is 0 Å². The van der Waals surface area contributed by atoms with Crippen LogP contribution < -0.4 is 4.90 Å². The summed E-state index contributed by atoms with van der Waals surface area (Å²) in [6, 6.07) is 0. The first-order valence-electron chi connectivity index (χ1n) is 7.37. The van der Waals surface area contributed by atoms with Crippen molar-refractivity contribution in [1.82, 2.24) is 10.1 Å². The van der Waals surface area contributed by atoms with E-state index >= 15 is 0 Å². The fourth-order valence-corrected chi connectivity index (χ4v) is 2.90. The fourth-order valence-electron chi connectivity index (χ4n) is 2.90. The lowest BCUT2D eigenvalue weighted by molar-refractivity contribution is -0.144. The molecule has 0 N–H and O–H groups in total. The number of hydrogen-bond acceptors (Lipinski definition) is 6. The van der Waals surface area contributed by atoms with Crippen molar-refractivity contribution in [3.63, 3.8) is 0 Å². The number of carbonyl (C=O) groups excluding carboxylic acids is 1. The molecule has 0 aromatic carbocycles. The van der Waals surface area contributed by atoms with E-state index in [9.17, 15) is 4.79 Å². The average molecular weight is 281 g/mol. The SMILES string of the molecule is CCN(CC)c1noc(C(C(=O)OC)C2CCCC2)n1. The van der Waals surface area contributed by atoms with Crippen LogP contribution in [0.3, 0.4) is 0 Å². The molecule has 1 aliphatic carbocycles. The van der Waals surface area contributed by atoms with E-state index in [4.69, 9.17) is 9.26 Å². The zero-order chi connectivity index (χ0) is 14.5. The highest BCUT2D eigenvalue weighted by atomic mass is 16.5. The van der Waals surface area contributed by atoms with Crippen molar-refractivity contribution < 1.29 is 14.1 Å². The Hall–Kier alpha value is -1.59. The molecule has 1 heterocycles. The molecule has 6 heteroatoms. The Bertz CT molecular complexity index is 437. The van der Waals surface area contributed by atoms with Gasteiger partial charge in [-0.1, -0.05) is 12.8 Å². The summed E-state index contributed by atoms with van der Waals surface area (Å²) in [5.41, 5.74) is 0. The van der Waals surface area contributed by atoms with Gasteiger partial charge in [-0.15, -0.1) is 0 Å². The van der Waals surface area contributed by atoms with Crippen LogP contribution in [0.2, 0.25) is 0 Å². The first-order chi connectivity index (χ1) is 9.71. The van der Waals surface area contributed by atoms with Gasteiger partial charge in [-0.2, -0.15) is 4.98 Å². The van der Waals surface area contributed by atoms with Gasteiger partial charge in [0, 0.05) is 13.1 Å². The molecule has 0 amide bonds. The highest BCUT2D eigenvalue weighted by Crippen LogP contribution is 2.37. The summed E-state index contributed by atoms with van der Waals surface area (Å²) >= 11 is 0. The molecule has 1 unspecified atom stereocenters. The number of anilines is 1. The second kappa shape index (κ2) is 6.72. The molecule has 1 aromatic heterocycles. The molecule has 1 fully saturated rings. The highest BCUT2D eigenvalue weighted by molar-refractivity contribution is 5.77. The van der Waals surface area contributed by atoms with Gasteiger partial charge >= 0.3 is 5.97 Å². The van der Waals surface area contributed by atoms with Gasteiger partial charge in [-0.25, -0.2) is 0 Å². The van der Waals surface area contributed by atoms with Crippen molar-refractivity contribution >= 4 is 11.9 Å². The Morgan fingerprint density at radius 2 is 2.05 bits per heavy atom. The predicted octanol–water partition coefficient (Wildman–Crippen LogP) is 2.36. The van der Waals surface area contributed by atoms with Gasteiger partial charge in [-0.05, 0) is 37.8 Å². The standard InChI is InChI=1S/C14H23N3O3/c1-4-17(5-2)14-15-12(20-16-14)11(13(18)19-3)10-8-6-7-9-10/h10-11H,4-9H2,1-3H3. The lowest BCUT2D eigenvalue weighted by Crippen LogP contribution is -2.24. The molecule has 0 aliphatic heterocycles. The summed E-state index contributed by atoms with van der Waals surface area (Å²) in [6.07, 6.45) is 4.33. The summed E-state index contributed by atoms with van der Waals surface area (Å²) in [5, 5.41) is 4.00. The molecule has 112 valence electrons. The van der Waals surface area contributed by atoms with Crippen LogP contribution in [0.15, 0.2) is 4.52 Å². The topological polar surface area (TPSA) is 68.5 Å². The van der Waals surface area contributed by atoms with Gasteiger partial charge in [-0.3, -0.25) is 4.79 Å². The number of ether oxygens (including phenoxy) is 1. The molecular weight excluding hydrogens is 258 g/mol. The fraction of sp³-hybridized carbons (Fsp3) is 0.786. The van der Waals surface area contributed by atoms with Gasteiger partial charge in [0.15, 0.2) is 0 Å². The van der Waals surface area contributed by atoms with E-state index in [1.807, 2.05) is 18.7 Å². The molecule has 1 aliphatic rings. The molecule has 1 saturated carbocycles. The van der Waals surface area contributed by atoms with Crippen LogP contribution in [0.1, 0.15) is 51.3 Å². The van der Waals surface area contributed by atoms with Gasteiger partial charge in [0.1, 0.15) is 5.92 Å². The summed E-state index contributed by atoms with van der Waals surface area (Å²) in [5.74, 6) is 0.515. The van der Waals surface area contributed by atoms with Crippen LogP contribution in [0.25, 0.3) is 0 Å². The van der Waals surface area contributed by atoms with Crippen LogP contribution >= 0.6 is 0 Å². The summed E-state index contributed by atoms with van der Waals surface area (Å²) < 4.78 is 10.3. The van der Waals surface area contributed by atoms with Gasteiger partial charge in [0.25, 0.3) is 5.95 Å². The van der Waals surface area contributed by atoms with Gasteiger partial charge in [0.2, 0.25) is 5.89 Å². The van der Waals surface area contributed by atoms with Crippen molar-refractivity contribution in [3.05, 3.63) is 5.89 Å². The minimum atomic E-state index is -0.417. The Balaban J connectivity index is 2.22. The van der Waals surface area contributed by atoms with Crippen molar-refractivity contribution in [1.29, 1.82) is 0 Å². The van der Waals surface area contributed by atoms with Crippen LogP contribution in [0.5, 0.6) is 0 Å². The molecule has 0 radical (unpaired) electrons. The smallest absolute Gasteiger partial charge is 0.318 e. The van der Waals surface area contributed by atoms with Crippen molar-refractivity contribution in [2.75, 3.05) is 25.1 Å². The Morgan fingerprint density at radius 1 is 1.40 bits per heavy atom. The normalized spacial score (nSPS) is 17.1. The molecule has 20 heavy (non-hydrogen) atoms. The molecule has 0 spiro atoms. The Morgan fingerprint density at radius 3 is 2.60 bits per heavy atom. The Labute approximate surface area is 119 Å². The molecule has 0 saturated heterocycles. The summed E-state index contributed by atoms with van der Waals surface area (Å²) in [4.78, 5) is 18.5. The number of carbonyl (C=O) groups is 1. The van der Waals surface area contributed by atoms with Crippen molar-refractivity contribution in [2.24, 2.45) is 5.92 Å². The monoisotopic (exact) mass is 281 g/mol. The molecule has 2 rings (SSSR count). The third kappa shape index (κ3) is 2.94. The van der Waals surface area contributed by atoms with Crippen molar-refractivity contribution in [2.45, 2.75) is 45.4 Å². The van der Waals surface area contributed by atoms with Crippen LogP contribution in [0, 0.1) is 5.92 Å². The minimum Gasteiger partial charge on any atom is -0.468 e. The van der Waals surface area contributed by atoms with E-state index in [1.54, 1.807) is 0 Å². The number of hydrogen-bond donors (Lipinski definition) is 0. The summed E-state index contributed by atoms with van der Waals surface area (Å²) in [6.45, 7) is 5.69. The van der Waals surface area contributed by atoms with E-state index in [-0.39, 0.29) is 11.9 Å². The number of esters is 1. The average Bonchev–Trinajstić information content (AvgIpc) is 3.13. The summed E-state index contributed by atoms with van der Waals surface area (Å²) in [7, 11) is 1.41. The van der Waals surface area contributed by atoms with Crippen LogP contribution in [-0.2, 0) is 9.53 Å². The lowest BCUT2D eigenvalue weighted by atomic mass is 9.91. The number of rotatable bonds is 6. The van der Waals surface area contributed by atoms with E-state index in [0.29, 0.717) is 11.8 Å². The first-order valence-corrected chi connectivity index (χ1v) is 7.37. The van der Waals surface area contributed by atoms with Gasteiger partial charge in [0.05, 0.1) is 7.11 Å². The third-order valence-electron chi connectivity index (χ3n) is 4.07. The minimum absolute atomic E-state index is 0.257. The number of nitrogens with zero attached hydrogens (tertiary/aromatic N) is 3. The number of aromatic nitrogens is 2. The van der Waals surface area contributed by atoms with Crippen LogP contribution in [-0.4, -0.2) is 36.3 Å². The third-order valence-corrected chi connectivity index (χ3v) is 4.07.